The summed E-state index contributed by atoms with van der Waals surface area (Å²) in [6.45, 7) is 3.73. The molecule has 2 heterocycles. The molecule has 7 nitrogen and oxygen atoms in total. The van der Waals surface area contributed by atoms with E-state index in [4.69, 9.17) is 16.4 Å². The summed E-state index contributed by atoms with van der Waals surface area (Å²) >= 11 is 6.75. The van der Waals surface area contributed by atoms with Gasteiger partial charge in [-0.25, -0.2) is 4.68 Å². The van der Waals surface area contributed by atoms with Crippen LogP contribution >= 0.6 is 23.4 Å². The number of nitrogens with zero attached hydrogens (tertiary/aromatic N) is 5. The lowest BCUT2D eigenvalue weighted by molar-refractivity contribution is -0.112. The normalized spacial score (nSPS) is 12.1. The van der Waals surface area contributed by atoms with Gasteiger partial charge in [-0.1, -0.05) is 16.8 Å². The minimum absolute atomic E-state index is 0.0581. The Balaban J connectivity index is 2.25. The van der Waals surface area contributed by atoms with Crippen molar-refractivity contribution in [3.63, 3.8) is 0 Å². The molecule has 2 aromatic heterocycles. The van der Waals surface area contributed by atoms with Crippen LogP contribution in [0, 0.1) is 0 Å². The van der Waals surface area contributed by atoms with Crippen molar-refractivity contribution in [2.24, 2.45) is 5.16 Å². The number of rotatable bonds is 9. The molecule has 0 spiro atoms. The highest BCUT2D eigenvalue weighted by Gasteiger charge is 2.29. The second kappa shape index (κ2) is 10.5. The smallest absolute Gasteiger partial charge is 0.396 e. The number of anilines is 1. The van der Waals surface area contributed by atoms with Gasteiger partial charge in [-0.3, -0.25) is 9.78 Å². The molecule has 0 N–H and O–H groups in total. The summed E-state index contributed by atoms with van der Waals surface area (Å²) in [4.78, 5) is 23.2. The van der Waals surface area contributed by atoms with Crippen LogP contribution in [0.15, 0.2) is 35.9 Å². The molecule has 0 radical (unpaired) electrons. The van der Waals surface area contributed by atoms with Gasteiger partial charge in [0.1, 0.15) is 12.3 Å². The number of thioether (sulfide) groups is 1. The van der Waals surface area contributed by atoms with E-state index in [0.717, 1.165) is 0 Å². The monoisotopic (exact) mass is 449 g/mol. The van der Waals surface area contributed by atoms with Crippen molar-refractivity contribution in [3.8, 4) is 5.69 Å². The van der Waals surface area contributed by atoms with E-state index < -0.39 is 17.8 Å². The molecule has 0 fully saturated rings. The predicted octanol–water partition coefficient (Wildman–Crippen LogP) is 3.96. The van der Waals surface area contributed by atoms with Crippen LogP contribution in [0.4, 0.5) is 18.9 Å². The Kier molecular flexibility index (Phi) is 8.32. The van der Waals surface area contributed by atoms with Crippen molar-refractivity contribution in [2.45, 2.75) is 20.0 Å². The van der Waals surface area contributed by atoms with E-state index in [9.17, 15) is 18.0 Å². The zero-order valence-corrected chi connectivity index (χ0v) is 17.3. The zero-order chi connectivity index (χ0) is 21.4. The molecule has 12 heteroatoms. The second-order valence-corrected chi connectivity index (χ2v) is 6.92. The van der Waals surface area contributed by atoms with Crippen molar-refractivity contribution < 1.29 is 22.8 Å². The molecule has 0 saturated carbocycles. The van der Waals surface area contributed by atoms with Gasteiger partial charge in [0, 0.05) is 18.5 Å². The number of alkyl halides is 3. The first-order valence-electron chi connectivity index (χ1n) is 8.57. The Hall–Kier alpha value is -2.27. The average molecular weight is 450 g/mol. The minimum atomic E-state index is -4.34. The third-order valence-electron chi connectivity index (χ3n) is 3.47. The Morgan fingerprint density at radius 2 is 2.17 bits per heavy atom. The van der Waals surface area contributed by atoms with E-state index in [2.05, 4.69) is 15.2 Å². The number of amides is 1. The molecule has 158 valence electrons. The van der Waals surface area contributed by atoms with Crippen molar-refractivity contribution in [1.29, 1.82) is 0 Å². The van der Waals surface area contributed by atoms with Gasteiger partial charge in [-0.05, 0) is 26.0 Å². The Morgan fingerprint density at radius 3 is 2.76 bits per heavy atom. The lowest BCUT2D eigenvalue weighted by Gasteiger charge is -2.20. The summed E-state index contributed by atoms with van der Waals surface area (Å²) in [5, 5.41) is 7.94. The highest BCUT2D eigenvalue weighted by Crippen LogP contribution is 2.27. The minimum Gasteiger partial charge on any atom is -0.396 e. The van der Waals surface area contributed by atoms with Crippen LogP contribution < -0.4 is 4.90 Å². The van der Waals surface area contributed by atoms with Gasteiger partial charge in [0.05, 0.1) is 23.8 Å². The van der Waals surface area contributed by atoms with E-state index >= 15 is 0 Å². The van der Waals surface area contributed by atoms with E-state index in [1.165, 1.54) is 9.58 Å². The van der Waals surface area contributed by atoms with Crippen LogP contribution in [0.5, 0.6) is 0 Å². The molecule has 0 aliphatic heterocycles. The van der Waals surface area contributed by atoms with Gasteiger partial charge in [0.15, 0.2) is 10.9 Å². The number of hydrogen-bond donors (Lipinski definition) is 0. The number of aromatic nitrogens is 3. The summed E-state index contributed by atoms with van der Waals surface area (Å²) in [5.74, 6) is -1.97. The fourth-order valence-electron chi connectivity index (χ4n) is 2.26. The van der Waals surface area contributed by atoms with Gasteiger partial charge >= 0.3 is 6.18 Å². The first kappa shape index (κ1) is 23.0. The summed E-state index contributed by atoms with van der Waals surface area (Å²) in [7, 11) is 0. The maximum atomic E-state index is 12.9. The third kappa shape index (κ3) is 6.64. The molecule has 0 aliphatic carbocycles. The molecular weight excluding hydrogens is 431 g/mol. The van der Waals surface area contributed by atoms with E-state index in [1.807, 2.05) is 0 Å². The van der Waals surface area contributed by atoms with Crippen LogP contribution in [0.25, 0.3) is 5.69 Å². The summed E-state index contributed by atoms with van der Waals surface area (Å²) < 4.78 is 38.8. The maximum Gasteiger partial charge on any atom is 0.397 e. The predicted molar refractivity (Wildman–Crippen MR) is 107 cm³/mol. The number of carbonyl (C=O) groups excluding carboxylic acids is 1. The fraction of sp³-hybridized carbons (Fsp3) is 0.412. The molecule has 0 unspecified atom stereocenters. The van der Waals surface area contributed by atoms with E-state index in [1.54, 1.807) is 44.6 Å². The second-order valence-electron chi connectivity index (χ2n) is 5.57. The van der Waals surface area contributed by atoms with Gasteiger partial charge in [-0.2, -0.15) is 18.3 Å². The molecule has 2 rings (SSSR count). The van der Waals surface area contributed by atoms with Crippen molar-refractivity contribution in [3.05, 3.63) is 35.9 Å². The fourth-order valence-corrected chi connectivity index (χ4v) is 3.19. The van der Waals surface area contributed by atoms with Crippen LogP contribution in [-0.4, -0.2) is 57.2 Å². The number of pyridine rings is 1. The highest BCUT2D eigenvalue weighted by atomic mass is 35.5. The van der Waals surface area contributed by atoms with E-state index in [0.29, 0.717) is 23.1 Å². The molecule has 0 aliphatic rings. The first-order valence-corrected chi connectivity index (χ1v) is 10.1. The molecule has 0 saturated heterocycles. The standard InChI is InChI=1S/C17H19ClF3N5O2S/c1-3-25(14-9-26(23-15(14)18)12-6-5-7-22-8-12)16(27)13(24-28-4-2)10-29-11-17(19,20)21/h5-9H,3-4,10-11H2,1-2H3. The Labute approximate surface area is 174 Å². The summed E-state index contributed by atoms with van der Waals surface area (Å²) in [5.41, 5.74) is 0.786. The number of halogens is 4. The largest absolute Gasteiger partial charge is 0.397 e. The summed E-state index contributed by atoms with van der Waals surface area (Å²) in [6, 6.07) is 3.48. The first-order chi connectivity index (χ1) is 13.8. The SMILES string of the molecule is CCON=C(CSCC(F)(F)F)C(=O)N(CC)c1cn(-c2cccnc2)nc1Cl. The highest BCUT2D eigenvalue weighted by molar-refractivity contribution is 8.00. The summed E-state index contributed by atoms with van der Waals surface area (Å²) in [6.07, 6.45) is 0.373. The lowest BCUT2D eigenvalue weighted by Crippen LogP contribution is -2.38. The van der Waals surface area contributed by atoms with E-state index in [-0.39, 0.29) is 29.8 Å². The molecule has 2 aromatic rings. The zero-order valence-electron chi connectivity index (χ0n) is 15.7. The van der Waals surface area contributed by atoms with Gasteiger partial charge < -0.3 is 9.74 Å². The van der Waals surface area contributed by atoms with Gasteiger partial charge in [-0.15, -0.1) is 11.8 Å². The van der Waals surface area contributed by atoms with Crippen LogP contribution in [-0.2, 0) is 9.63 Å². The van der Waals surface area contributed by atoms with Crippen molar-refractivity contribution in [2.75, 3.05) is 29.6 Å². The van der Waals surface area contributed by atoms with Gasteiger partial charge in [0.2, 0.25) is 0 Å². The topological polar surface area (TPSA) is 72.6 Å². The number of hydrogen-bond acceptors (Lipinski definition) is 6. The van der Waals surface area contributed by atoms with Crippen molar-refractivity contribution >= 4 is 40.7 Å². The maximum absolute atomic E-state index is 12.9. The molecule has 0 aromatic carbocycles. The van der Waals surface area contributed by atoms with Crippen LogP contribution in [0.2, 0.25) is 5.15 Å². The van der Waals surface area contributed by atoms with Crippen LogP contribution in [0.3, 0.4) is 0 Å². The quantitative estimate of drug-likeness (QED) is 0.428. The van der Waals surface area contributed by atoms with Gasteiger partial charge in [0.25, 0.3) is 5.91 Å². The molecule has 29 heavy (non-hydrogen) atoms. The molecule has 1 amide bonds. The Morgan fingerprint density at radius 1 is 1.41 bits per heavy atom. The lowest BCUT2D eigenvalue weighted by atomic mass is 10.3. The molecule has 0 atom stereocenters. The molecule has 0 bridgehead atoms. The third-order valence-corrected chi connectivity index (χ3v) is 4.75. The number of oxime groups is 1. The van der Waals surface area contributed by atoms with Crippen molar-refractivity contribution in [1.82, 2.24) is 14.8 Å². The molecular formula is C17H19ClF3N5O2S. The van der Waals surface area contributed by atoms with Crippen LogP contribution in [0.1, 0.15) is 13.8 Å². The average Bonchev–Trinajstić information content (AvgIpc) is 3.06. The Bertz CT molecular complexity index is 845. The number of carbonyl (C=O) groups is 1.